The van der Waals surface area contributed by atoms with Crippen molar-refractivity contribution in [2.45, 2.75) is 12.5 Å². The third kappa shape index (κ3) is 3.24. The van der Waals surface area contributed by atoms with Gasteiger partial charge in [0.25, 0.3) is 0 Å². The molecule has 2 aromatic carbocycles. The van der Waals surface area contributed by atoms with Crippen LogP contribution in [0.2, 0.25) is 10.0 Å². The molecule has 1 N–H and O–H groups in total. The largest absolute Gasteiger partial charge is 0.388 e. The Morgan fingerprint density at radius 1 is 1.05 bits per heavy atom. The highest BCUT2D eigenvalue weighted by Gasteiger charge is 2.16. The normalized spacial score (nSPS) is 12.5. The average Bonchev–Trinajstić information content (AvgIpc) is 2.34. The number of hydrogen-bond donors (Lipinski definition) is 1. The Kier molecular flexibility index (Phi) is 4.40. The maximum Gasteiger partial charge on any atom is 0.142 e. The summed E-state index contributed by atoms with van der Waals surface area (Å²) in [6, 6.07) is 8.30. The Bertz CT molecular complexity index is 602. The van der Waals surface area contributed by atoms with Crippen LogP contribution in [0.4, 0.5) is 8.78 Å². The highest BCUT2D eigenvalue weighted by Crippen LogP contribution is 2.27. The Labute approximate surface area is 119 Å². The first kappa shape index (κ1) is 14.3. The van der Waals surface area contributed by atoms with Crippen molar-refractivity contribution in [3.05, 3.63) is 69.2 Å². The second-order valence-electron chi connectivity index (χ2n) is 4.10. The van der Waals surface area contributed by atoms with Gasteiger partial charge in [-0.1, -0.05) is 41.4 Å². The molecule has 0 fully saturated rings. The summed E-state index contributed by atoms with van der Waals surface area (Å²) in [6.45, 7) is 0. The third-order valence-corrected chi connectivity index (χ3v) is 3.42. The van der Waals surface area contributed by atoms with E-state index in [4.69, 9.17) is 23.2 Å². The number of aliphatic hydroxyl groups is 1. The van der Waals surface area contributed by atoms with Crippen molar-refractivity contribution in [3.8, 4) is 0 Å². The van der Waals surface area contributed by atoms with Crippen LogP contribution >= 0.6 is 23.2 Å². The molecule has 19 heavy (non-hydrogen) atoms. The summed E-state index contributed by atoms with van der Waals surface area (Å²) >= 11 is 11.4. The molecule has 0 saturated carbocycles. The van der Waals surface area contributed by atoms with Crippen LogP contribution < -0.4 is 0 Å². The van der Waals surface area contributed by atoms with E-state index in [1.54, 1.807) is 6.07 Å². The number of benzene rings is 2. The summed E-state index contributed by atoms with van der Waals surface area (Å²) in [5, 5.41) is 10.2. The molecule has 5 heteroatoms. The van der Waals surface area contributed by atoms with Crippen molar-refractivity contribution in [3.63, 3.8) is 0 Å². The Balaban J connectivity index is 2.25. The quantitative estimate of drug-likeness (QED) is 0.882. The van der Waals surface area contributed by atoms with Gasteiger partial charge in [-0.3, -0.25) is 0 Å². The Morgan fingerprint density at radius 2 is 1.79 bits per heavy atom. The number of rotatable bonds is 3. The monoisotopic (exact) mass is 302 g/mol. The van der Waals surface area contributed by atoms with E-state index in [9.17, 15) is 13.9 Å². The SMILES string of the molecule is OC(Cc1cccc(F)c1Cl)c1ccc(Cl)cc1F. The van der Waals surface area contributed by atoms with Gasteiger partial charge in [0, 0.05) is 17.0 Å². The molecule has 1 unspecified atom stereocenters. The highest BCUT2D eigenvalue weighted by atomic mass is 35.5. The molecule has 100 valence electrons. The first-order valence-electron chi connectivity index (χ1n) is 5.55. The lowest BCUT2D eigenvalue weighted by molar-refractivity contribution is 0.173. The molecule has 0 heterocycles. The van der Waals surface area contributed by atoms with E-state index in [0.29, 0.717) is 5.56 Å². The number of hydrogen-bond acceptors (Lipinski definition) is 1. The molecule has 0 bridgehead atoms. The molecule has 0 saturated heterocycles. The molecule has 2 rings (SSSR count). The second-order valence-corrected chi connectivity index (χ2v) is 4.91. The van der Waals surface area contributed by atoms with Crippen molar-refractivity contribution >= 4 is 23.2 Å². The fourth-order valence-corrected chi connectivity index (χ4v) is 2.16. The molecule has 0 radical (unpaired) electrons. The average molecular weight is 303 g/mol. The minimum Gasteiger partial charge on any atom is -0.388 e. The number of aliphatic hydroxyl groups excluding tert-OH is 1. The topological polar surface area (TPSA) is 20.2 Å². The lowest BCUT2D eigenvalue weighted by Crippen LogP contribution is -2.05. The van der Waals surface area contributed by atoms with E-state index >= 15 is 0 Å². The third-order valence-electron chi connectivity index (χ3n) is 2.77. The lowest BCUT2D eigenvalue weighted by atomic mass is 10.0. The minimum atomic E-state index is -1.11. The predicted octanol–water partition coefficient (Wildman–Crippen LogP) is 4.55. The van der Waals surface area contributed by atoms with Gasteiger partial charge in [0.2, 0.25) is 0 Å². The van der Waals surface area contributed by atoms with Crippen molar-refractivity contribution < 1.29 is 13.9 Å². The van der Waals surface area contributed by atoms with Gasteiger partial charge >= 0.3 is 0 Å². The van der Waals surface area contributed by atoms with Gasteiger partial charge in [-0.25, -0.2) is 8.78 Å². The molecule has 0 aliphatic carbocycles. The van der Waals surface area contributed by atoms with Crippen LogP contribution in [-0.4, -0.2) is 5.11 Å². The fourth-order valence-electron chi connectivity index (χ4n) is 1.80. The minimum absolute atomic E-state index is 0.0230. The molecule has 0 aliphatic rings. The molecule has 0 spiro atoms. The summed E-state index contributed by atoms with van der Waals surface area (Å²) in [6.07, 6.45) is -1.09. The molecule has 0 aromatic heterocycles. The molecule has 0 aliphatic heterocycles. The Hall–Kier alpha value is -1.16. The van der Waals surface area contributed by atoms with Crippen molar-refractivity contribution in [2.24, 2.45) is 0 Å². The zero-order valence-electron chi connectivity index (χ0n) is 9.71. The van der Waals surface area contributed by atoms with E-state index in [2.05, 4.69) is 0 Å². The summed E-state index contributed by atoms with van der Waals surface area (Å²) in [4.78, 5) is 0. The van der Waals surface area contributed by atoms with E-state index in [0.717, 1.165) is 6.07 Å². The summed E-state index contributed by atoms with van der Waals surface area (Å²) in [5.74, 6) is -1.17. The van der Waals surface area contributed by atoms with Gasteiger partial charge in [0.15, 0.2) is 0 Å². The zero-order chi connectivity index (χ0) is 14.0. The van der Waals surface area contributed by atoms with Crippen molar-refractivity contribution in [1.82, 2.24) is 0 Å². The van der Waals surface area contributed by atoms with Gasteiger partial charge in [-0.05, 0) is 23.8 Å². The van der Waals surface area contributed by atoms with Crippen LogP contribution in [0.3, 0.4) is 0 Å². The van der Waals surface area contributed by atoms with Crippen LogP contribution in [0.1, 0.15) is 17.2 Å². The van der Waals surface area contributed by atoms with Gasteiger partial charge in [-0.2, -0.15) is 0 Å². The van der Waals surface area contributed by atoms with E-state index < -0.39 is 17.7 Å². The molecule has 0 amide bonds. The molecular weight excluding hydrogens is 293 g/mol. The van der Waals surface area contributed by atoms with Crippen LogP contribution in [0.15, 0.2) is 36.4 Å². The van der Waals surface area contributed by atoms with Gasteiger partial charge in [0.1, 0.15) is 11.6 Å². The smallest absolute Gasteiger partial charge is 0.142 e. The second kappa shape index (κ2) is 5.87. The maximum atomic E-state index is 13.6. The summed E-state index contributed by atoms with van der Waals surface area (Å²) < 4.78 is 26.9. The number of halogens is 4. The van der Waals surface area contributed by atoms with Crippen LogP contribution in [0.25, 0.3) is 0 Å². The standard InChI is InChI=1S/C14H10Cl2F2O/c15-9-4-5-10(12(18)7-9)13(19)6-8-2-1-3-11(17)14(8)16/h1-5,7,13,19H,6H2. The van der Waals surface area contributed by atoms with Crippen LogP contribution in [-0.2, 0) is 6.42 Å². The molecule has 1 atom stereocenters. The van der Waals surface area contributed by atoms with E-state index in [1.807, 2.05) is 0 Å². The Morgan fingerprint density at radius 3 is 2.47 bits per heavy atom. The van der Waals surface area contributed by atoms with Crippen LogP contribution in [0.5, 0.6) is 0 Å². The lowest BCUT2D eigenvalue weighted by Gasteiger charge is -2.13. The van der Waals surface area contributed by atoms with Gasteiger partial charge in [0.05, 0.1) is 11.1 Å². The first-order valence-corrected chi connectivity index (χ1v) is 6.30. The van der Waals surface area contributed by atoms with Crippen LogP contribution in [0, 0.1) is 11.6 Å². The van der Waals surface area contributed by atoms with Crippen molar-refractivity contribution in [2.75, 3.05) is 0 Å². The highest BCUT2D eigenvalue weighted by molar-refractivity contribution is 6.31. The molecule has 1 nitrogen and oxygen atoms in total. The fraction of sp³-hybridized carbons (Fsp3) is 0.143. The molecular formula is C14H10Cl2F2O. The van der Waals surface area contributed by atoms with Crippen molar-refractivity contribution in [1.29, 1.82) is 0 Å². The van der Waals surface area contributed by atoms with E-state index in [1.165, 1.54) is 24.3 Å². The van der Waals surface area contributed by atoms with Gasteiger partial charge < -0.3 is 5.11 Å². The summed E-state index contributed by atoms with van der Waals surface area (Å²) in [7, 11) is 0. The summed E-state index contributed by atoms with van der Waals surface area (Å²) in [5.41, 5.74) is 0.522. The zero-order valence-corrected chi connectivity index (χ0v) is 11.2. The first-order chi connectivity index (χ1) is 8.99. The van der Waals surface area contributed by atoms with E-state index in [-0.39, 0.29) is 22.0 Å². The maximum absolute atomic E-state index is 13.6. The van der Waals surface area contributed by atoms with Gasteiger partial charge in [-0.15, -0.1) is 0 Å². The predicted molar refractivity (Wildman–Crippen MR) is 71.5 cm³/mol. The molecule has 2 aromatic rings.